The van der Waals surface area contributed by atoms with Crippen molar-refractivity contribution in [2.24, 2.45) is 0 Å². The van der Waals surface area contributed by atoms with E-state index >= 15 is 0 Å². The van der Waals surface area contributed by atoms with Gasteiger partial charge in [-0.2, -0.15) is 5.26 Å². The Morgan fingerprint density at radius 3 is 1.20 bits per heavy atom. The monoisotopic (exact) mass is 1240 g/mol. The normalized spacial score (nSPS) is 14.2. The third kappa shape index (κ3) is 24.1. The third-order valence-corrected chi connectivity index (χ3v) is 17.3. The number of halogens is 1. The second-order valence-corrected chi connectivity index (χ2v) is 27.7. The Hall–Kier alpha value is -5.28. The summed E-state index contributed by atoms with van der Waals surface area (Å²) in [6.07, 6.45) is -0.489. The Balaban J connectivity index is 0.000000349. The second kappa shape index (κ2) is 34.9. The fourth-order valence-corrected chi connectivity index (χ4v) is 12.8. The van der Waals surface area contributed by atoms with Gasteiger partial charge in [0.1, 0.15) is 24.4 Å². The maximum atomic E-state index is 13.0. The summed E-state index contributed by atoms with van der Waals surface area (Å²) in [5.74, 6) is -1.47. The molecule has 2 aliphatic rings. The molecule has 0 saturated carbocycles. The molecule has 2 unspecified atom stereocenters. The zero-order valence-electron chi connectivity index (χ0n) is 53.1. The number of ether oxygens (including phenoxy) is 4. The van der Waals surface area contributed by atoms with Crippen molar-refractivity contribution >= 4 is 51.5 Å². The molecule has 470 valence electrons. The molecule has 2 amide bonds. The smallest absolute Gasteiger partial charge is 0.407 e. The van der Waals surface area contributed by atoms with E-state index in [1.54, 1.807) is 69.6 Å². The number of nitriles is 1. The number of esters is 2. The summed E-state index contributed by atoms with van der Waals surface area (Å²) in [7, 11) is 0.852. The summed E-state index contributed by atoms with van der Waals surface area (Å²) in [5.41, 5.74) is 6.86. The number of hydrogen-bond acceptors (Lipinski definition) is 16. The number of nitrogens with one attached hydrogen (secondary N) is 2. The van der Waals surface area contributed by atoms with E-state index in [4.69, 9.17) is 54.1 Å². The van der Waals surface area contributed by atoms with E-state index in [1.807, 2.05) is 66.7 Å². The highest BCUT2D eigenvalue weighted by molar-refractivity contribution is 7.78. The van der Waals surface area contributed by atoms with Crippen molar-refractivity contribution in [2.75, 3.05) is 40.6 Å². The van der Waals surface area contributed by atoms with Gasteiger partial charge in [-0.3, -0.25) is 0 Å². The molecule has 0 radical (unpaired) electrons. The zero-order chi connectivity index (χ0) is 64.0. The fraction of sp³-hybridized carbons (Fsp3) is 0.547. The first-order valence-corrected chi connectivity index (χ1v) is 32.0. The molecule has 21 heteroatoms. The van der Waals surface area contributed by atoms with Gasteiger partial charge in [0, 0.05) is 56.6 Å². The van der Waals surface area contributed by atoms with Crippen LogP contribution >= 0.6 is 27.4 Å². The predicted octanol–water partition coefficient (Wildman–Crippen LogP) is 13.8. The predicted molar refractivity (Wildman–Crippen MR) is 338 cm³/mol. The SMILES string of the molecule is CC(C)(C)OC(=O)[C@H](CO)NC(=O)OCC1c2ccccc2-c2ccccc21.CC(C)(O)CCC#N.COP(Cl)N(C(C)C)C(C)C.COP(OC[C@H](NC(=O)OCC1c2ccccc2-c2ccccc21)C(=O)OC(C)(C)C)N(C(C)C)C(C)C. The number of nitrogens with zero attached hydrogens (tertiary/aromatic N) is 3. The highest BCUT2D eigenvalue weighted by Gasteiger charge is 2.35. The summed E-state index contributed by atoms with van der Waals surface area (Å²) >= 11 is 5.99. The summed E-state index contributed by atoms with van der Waals surface area (Å²) in [6, 6.07) is 33.2. The van der Waals surface area contributed by atoms with Crippen LogP contribution in [0.1, 0.15) is 158 Å². The Bertz CT molecular complexity index is 2670. The van der Waals surface area contributed by atoms with Gasteiger partial charge in [0.25, 0.3) is 8.53 Å². The highest BCUT2D eigenvalue weighted by atomic mass is 35.7. The van der Waals surface area contributed by atoms with Crippen molar-refractivity contribution in [1.82, 2.24) is 20.0 Å². The number of amides is 2. The van der Waals surface area contributed by atoms with Gasteiger partial charge < -0.3 is 53.4 Å². The number of carbonyl (C=O) groups is 4. The van der Waals surface area contributed by atoms with Gasteiger partial charge in [0.2, 0.25) is 7.65 Å². The van der Waals surface area contributed by atoms with Gasteiger partial charge in [0.05, 0.1) is 24.9 Å². The van der Waals surface area contributed by atoms with Gasteiger partial charge >= 0.3 is 24.1 Å². The lowest BCUT2D eigenvalue weighted by Gasteiger charge is -2.35. The van der Waals surface area contributed by atoms with Crippen molar-refractivity contribution in [3.05, 3.63) is 119 Å². The maximum absolute atomic E-state index is 13.0. The van der Waals surface area contributed by atoms with Crippen LogP contribution in [-0.4, -0.2) is 137 Å². The molecule has 0 fully saturated rings. The van der Waals surface area contributed by atoms with Crippen LogP contribution in [-0.2, 0) is 42.1 Å². The van der Waals surface area contributed by atoms with Gasteiger partial charge in [0.15, 0.2) is 12.1 Å². The quantitative estimate of drug-likeness (QED) is 0.0326. The Kier molecular flexibility index (Phi) is 30.4. The molecular weight excluding hydrogens is 1140 g/mol. The van der Waals surface area contributed by atoms with Crippen LogP contribution in [0, 0.1) is 11.3 Å². The van der Waals surface area contributed by atoms with E-state index in [0.717, 1.165) is 44.5 Å². The van der Waals surface area contributed by atoms with Gasteiger partial charge in [-0.25, -0.2) is 28.5 Å². The Labute approximate surface area is 513 Å². The molecule has 0 saturated heterocycles. The molecule has 0 bridgehead atoms. The van der Waals surface area contributed by atoms with Gasteiger partial charge in [-0.05, 0) is 173 Å². The molecular formula is C64H94ClN5O13P2. The number of carbonyl (C=O) groups excluding carboxylic acids is 4. The lowest BCUT2D eigenvalue weighted by atomic mass is 9.98. The minimum atomic E-state index is -1.46. The number of fused-ring (bicyclic) bond motifs is 6. The molecule has 4 N–H and O–H groups in total. The van der Waals surface area contributed by atoms with E-state index < -0.39 is 75.8 Å². The molecule has 85 heavy (non-hydrogen) atoms. The Morgan fingerprint density at radius 1 is 0.588 bits per heavy atom. The van der Waals surface area contributed by atoms with E-state index in [0.29, 0.717) is 24.9 Å². The first-order valence-electron chi connectivity index (χ1n) is 28.7. The van der Waals surface area contributed by atoms with Crippen LogP contribution in [0.5, 0.6) is 0 Å². The van der Waals surface area contributed by atoms with Crippen molar-refractivity contribution in [1.29, 1.82) is 5.26 Å². The fourth-order valence-electron chi connectivity index (χ4n) is 9.40. The largest absolute Gasteiger partial charge is 0.458 e. The molecule has 0 aromatic heterocycles. The van der Waals surface area contributed by atoms with Gasteiger partial charge in [-0.1, -0.05) is 97.1 Å². The molecule has 6 rings (SSSR count). The number of benzene rings is 4. The van der Waals surface area contributed by atoms with Crippen LogP contribution in [0.3, 0.4) is 0 Å². The average molecular weight is 1240 g/mol. The summed E-state index contributed by atoms with van der Waals surface area (Å²) < 4.78 is 42.8. The van der Waals surface area contributed by atoms with E-state index in [-0.39, 0.29) is 43.7 Å². The molecule has 4 atom stereocenters. The maximum Gasteiger partial charge on any atom is 0.407 e. The Morgan fingerprint density at radius 2 is 0.929 bits per heavy atom. The van der Waals surface area contributed by atoms with Gasteiger partial charge in [-0.15, -0.1) is 0 Å². The van der Waals surface area contributed by atoms with Crippen molar-refractivity contribution < 1.29 is 61.9 Å². The highest BCUT2D eigenvalue weighted by Crippen LogP contribution is 2.49. The number of hydrogen-bond donors (Lipinski definition) is 4. The minimum absolute atomic E-state index is 0.0766. The topological polar surface area (TPSA) is 228 Å². The van der Waals surface area contributed by atoms with Crippen molar-refractivity contribution in [3.8, 4) is 28.3 Å². The summed E-state index contributed by atoms with van der Waals surface area (Å²) in [5, 5.41) is 31.5. The first-order chi connectivity index (χ1) is 39.8. The molecule has 4 aromatic carbocycles. The molecule has 0 spiro atoms. The van der Waals surface area contributed by atoms with Crippen LogP contribution < -0.4 is 10.6 Å². The van der Waals surface area contributed by atoms with Crippen molar-refractivity contribution in [3.63, 3.8) is 0 Å². The lowest BCUT2D eigenvalue weighted by molar-refractivity contribution is -0.159. The first kappa shape index (κ1) is 74.0. The van der Waals surface area contributed by atoms with Crippen LogP contribution in [0.25, 0.3) is 22.3 Å². The van der Waals surface area contributed by atoms with E-state index in [1.165, 1.54) is 0 Å². The van der Waals surface area contributed by atoms with Crippen LogP contribution in [0.4, 0.5) is 9.59 Å². The number of alkyl carbamates (subject to hydrolysis) is 2. The average Bonchev–Trinajstić information content (AvgIpc) is 2.14. The lowest BCUT2D eigenvalue weighted by Crippen LogP contribution is -2.47. The standard InChI is InChI=1S/C29H41N2O6P.C22H25NO5.C7H17ClNOP.C6H11NO/c1-19(2)31(20(3)4)38(34-8)36-18-26(27(32)37-29(5,6)7)30-28(33)35-17-25-23-15-11-9-13-21(23)22-14-10-12-16-24(22)25;1-22(2,3)28-20(25)19(12-24)23-21(26)27-13-18-16-10-6-4-8-14(16)15-9-5-7-11-17(15)18;1-6(2)9(7(3)4)11(8)10-5;1-6(2,8)4-3-5-7/h9-16,19-20,25-26H,17-18H2,1-8H3,(H,30,33);4-11,18-19,24H,12-13H2,1-3H3,(H,23,26);6-7H,1-5H3;8H,3-4H2,1-2H3/t26-,38?;19-;;/m00../s1. The van der Waals surface area contributed by atoms with E-state index in [9.17, 15) is 24.3 Å². The molecule has 0 heterocycles. The third-order valence-electron chi connectivity index (χ3n) is 12.8. The van der Waals surface area contributed by atoms with E-state index in [2.05, 4.69) is 112 Å². The second-order valence-electron chi connectivity index (χ2n) is 24.0. The van der Waals surface area contributed by atoms with Crippen molar-refractivity contribution in [2.45, 2.75) is 189 Å². The molecule has 0 aliphatic heterocycles. The number of rotatable bonds is 22. The number of aliphatic hydroxyl groups excluding tert-OH is 1. The zero-order valence-corrected chi connectivity index (χ0v) is 55.6. The molecule has 2 aliphatic carbocycles. The van der Waals surface area contributed by atoms with Crippen LogP contribution in [0.15, 0.2) is 97.1 Å². The van der Waals surface area contributed by atoms with Crippen LogP contribution in [0.2, 0.25) is 0 Å². The molecule has 4 aromatic rings. The number of aliphatic hydroxyl groups is 2. The summed E-state index contributed by atoms with van der Waals surface area (Å²) in [6.45, 7) is 30.2. The minimum Gasteiger partial charge on any atom is -0.458 e. The molecule has 18 nitrogen and oxygen atoms in total. The summed E-state index contributed by atoms with van der Waals surface area (Å²) in [4.78, 5) is 50.2.